The zero-order valence-electron chi connectivity index (χ0n) is 19.1. The van der Waals surface area contributed by atoms with Gasteiger partial charge in [0.1, 0.15) is 0 Å². The van der Waals surface area contributed by atoms with E-state index in [4.69, 9.17) is 4.52 Å². The van der Waals surface area contributed by atoms with E-state index in [2.05, 4.69) is 25.3 Å². The van der Waals surface area contributed by atoms with Crippen molar-refractivity contribution in [1.82, 2.24) is 25.3 Å². The molecular weight excluding hydrogens is 418 g/mol. The second-order valence-corrected chi connectivity index (χ2v) is 9.76. The van der Waals surface area contributed by atoms with Crippen molar-refractivity contribution < 1.29 is 14.1 Å². The van der Waals surface area contributed by atoms with Crippen LogP contribution in [0.5, 0.6) is 0 Å². The largest absolute Gasteiger partial charge is 0.356 e. The summed E-state index contributed by atoms with van der Waals surface area (Å²) in [6.07, 6.45) is 13.1. The fourth-order valence-corrected chi connectivity index (χ4v) is 5.81. The highest BCUT2D eigenvalue weighted by atomic mass is 16.5. The summed E-state index contributed by atoms with van der Waals surface area (Å²) >= 11 is 0. The van der Waals surface area contributed by atoms with Gasteiger partial charge in [-0.3, -0.25) is 14.6 Å². The molecule has 2 aromatic rings. The zero-order chi connectivity index (χ0) is 22.6. The highest BCUT2D eigenvalue weighted by Crippen LogP contribution is 2.42. The molecule has 3 heterocycles. The predicted octanol–water partition coefficient (Wildman–Crippen LogP) is 3.70. The van der Waals surface area contributed by atoms with E-state index in [0.29, 0.717) is 31.1 Å². The Morgan fingerprint density at radius 1 is 1.09 bits per heavy atom. The molecule has 0 aromatic carbocycles. The van der Waals surface area contributed by atoms with Crippen molar-refractivity contribution in [3.05, 3.63) is 30.4 Å². The fourth-order valence-electron chi connectivity index (χ4n) is 5.81. The van der Waals surface area contributed by atoms with Crippen molar-refractivity contribution in [3.63, 3.8) is 0 Å². The van der Waals surface area contributed by atoms with Crippen molar-refractivity contribution >= 4 is 11.8 Å². The van der Waals surface area contributed by atoms with E-state index < -0.39 is 0 Å². The number of hydrogen-bond donors (Lipinski definition) is 1. The van der Waals surface area contributed by atoms with Gasteiger partial charge in [0.2, 0.25) is 23.5 Å². The summed E-state index contributed by atoms with van der Waals surface area (Å²) in [5, 5.41) is 7.29. The van der Waals surface area contributed by atoms with Crippen LogP contribution in [0.3, 0.4) is 0 Å². The number of carbonyl (C=O) groups excluding carboxylic acids is 2. The molecule has 2 aromatic heterocycles. The Morgan fingerprint density at radius 2 is 1.94 bits per heavy atom. The molecule has 2 aliphatic carbocycles. The van der Waals surface area contributed by atoms with Crippen molar-refractivity contribution in [3.8, 4) is 11.4 Å². The summed E-state index contributed by atoms with van der Waals surface area (Å²) in [4.78, 5) is 37.6. The Labute approximate surface area is 194 Å². The number of amides is 2. The molecule has 0 spiro atoms. The Balaban J connectivity index is 1.40. The van der Waals surface area contributed by atoms with Gasteiger partial charge in [-0.05, 0) is 50.7 Å². The SMILES string of the molecule is O=C1NCCCCCCN(C(=O)C2CCCC2)[C@H]2C[C@H](c3nc(-c4cccnc4)no3)C[C@@H]12. The quantitative estimate of drug-likeness (QED) is 0.764. The smallest absolute Gasteiger partial charge is 0.230 e. The molecule has 3 atom stereocenters. The number of nitrogens with zero attached hydrogens (tertiary/aromatic N) is 4. The third-order valence-electron chi connectivity index (χ3n) is 7.59. The van der Waals surface area contributed by atoms with E-state index in [-0.39, 0.29) is 35.6 Å². The van der Waals surface area contributed by atoms with Gasteiger partial charge in [-0.1, -0.05) is 30.8 Å². The average molecular weight is 452 g/mol. The Bertz CT molecular complexity index is 956. The first-order chi connectivity index (χ1) is 16.2. The molecule has 3 aliphatic rings. The van der Waals surface area contributed by atoms with E-state index in [1.54, 1.807) is 12.4 Å². The van der Waals surface area contributed by atoms with E-state index in [1.807, 2.05) is 12.1 Å². The van der Waals surface area contributed by atoms with Crippen LogP contribution in [0.4, 0.5) is 0 Å². The van der Waals surface area contributed by atoms with Gasteiger partial charge < -0.3 is 14.7 Å². The van der Waals surface area contributed by atoms with E-state index in [0.717, 1.165) is 63.5 Å². The maximum atomic E-state index is 13.6. The van der Waals surface area contributed by atoms with Gasteiger partial charge in [-0.2, -0.15) is 4.98 Å². The van der Waals surface area contributed by atoms with Crippen LogP contribution in [0.2, 0.25) is 0 Å². The summed E-state index contributed by atoms with van der Waals surface area (Å²) in [5.74, 6) is 1.19. The highest BCUT2D eigenvalue weighted by molar-refractivity contribution is 5.83. The maximum absolute atomic E-state index is 13.6. The number of carbonyl (C=O) groups is 2. The van der Waals surface area contributed by atoms with Crippen LogP contribution in [0.15, 0.2) is 29.0 Å². The second kappa shape index (κ2) is 10.0. The van der Waals surface area contributed by atoms with Gasteiger partial charge in [0.05, 0.1) is 5.92 Å². The molecule has 176 valence electrons. The van der Waals surface area contributed by atoms with Crippen LogP contribution in [0.1, 0.15) is 76.0 Å². The molecular formula is C25H33N5O3. The third kappa shape index (κ3) is 4.80. The fraction of sp³-hybridized carbons (Fsp3) is 0.640. The molecule has 3 fully saturated rings. The van der Waals surface area contributed by atoms with Crippen molar-refractivity contribution in [2.24, 2.45) is 11.8 Å². The lowest BCUT2D eigenvalue weighted by molar-refractivity contribution is -0.140. The molecule has 8 heteroatoms. The summed E-state index contributed by atoms with van der Waals surface area (Å²) in [6, 6.07) is 3.62. The van der Waals surface area contributed by atoms with Crippen LogP contribution < -0.4 is 5.32 Å². The number of fused-ring (bicyclic) bond motifs is 1. The molecule has 2 saturated carbocycles. The van der Waals surface area contributed by atoms with Crippen LogP contribution in [-0.2, 0) is 9.59 Å². The summed E-state index contributed by atoms with van der Waals surface area (Å²) < 4.78 is 5.65. The standard InChI is InChI=1S/C25H33N5O3/c31-23-20-14-19(24-28-22(29-33-24)18-10-7-11-26-16-18)15-21(20)30(13-6-2-1-5-12-27-23)25(32)17-8-3-4-9-17/h7,10-11,16-17,19-21H,1-6,8-9,12-15H2,(H,27,31)/t19-,20-,21+/m1/s1. The second-order valence-electron chi connectivity index (χ2n) is 9.76. The Hall–Kier alpha value is -2.77. The molecule has 2 amide bonds. The molecule has 0 unspecified atom stereocenters. The summed E-state index contributed by atoms with van der Waals surface area (Å²) in [7, 11) is 0. The first-order valence-corrected chi connectivity index (χ1v) is 12.5. The van der Waals surface area contributed by atoms with Crippen LogP contribution in [0, 0.1) is 11.8 Å². The minimum atomic E-state index is -0.243. The lowest BCUT2D eigenvalue weighted by atomic mass is 9.97. The molecule has 1 aliphatic heterocycles. The summed E-state index contributed by atoms with van der Waals surface area (Å²) in [6.45, 7) is 1.44. The number of nitrogens with one attached hydrogen (secondary N) is 1. The monoisotopic (exact) mass is 451 g/mol. The highest BCUT2D eigenvalue weighted by Gasteiger charge is 2.46. The van der Waals surface area contributed by atoms with Gasteiger partial charge >= 0.3 is 0 Å². The van der Waals surface area contributed by atoms with Crippen LogP contribution >= 0.6 is 0 Å². The number of pyridine rings is 1. The minimum absolute atomic E-state index is 0.0366. The molecule has 0 radical (unpaired) electrons. The van der Waals surface area contributed by atoms with E-state index >= 15 is 0 Å². The average Bonchev–Trinajstić information content (AvgIpc) is 3.60. The van der Waals surface area contributed by atoms with Gasteiger partial charge in [-0.25, -0.2) is 0 Å². The number of hydrogen-bond acceptors (Lipinski definition) is 6. The predicted molar refractivity (Wildman–Crippen MR) is 122 cm³/mol. The first-order valence-electron chi connectivity index (χ1n) is 12.5. The topological polar surface area (TPSA) is 101 Å². The van der Waals surface area contributed by atoms with Crippen LogP contribution in [-0.4, -0.2) is 51.0 Å². The lowest BCUT2D eigenvalue weighted by Gasteiger charge is -2.34. The number of aromatic nitrogens is 3. The summed E-state index contributed by atoms with van der Waals surface area (Å²) in [5.41, 5.74) is 0.802. The van der Waals surface area contributed by atoms with E-state index in [9.17, 15) is 9.59 Å². The van der Waals surface area contributed by atoms with Crippen molar-refractivity contribution in [2.45, 2.75) is 76.2 Å². The zero-order valence-corrected chi connectivity index (χ0v) is 19.1. The van der Waals surface area contributed by atoms with Gasteiger partial charge in [0.15, 0.2) is 0 Å². The molecule has 8 nitrogen and oxygen atoms in total. The number of rotatable bonds is 3. The Kier molecular flexibility index (Phi) is 6.69. The molecule has 1 saturated heterocycles. The first kappa shape index (κ1) is 22.0. The van der Waals surface area contributed by atoms with E-state index in [1.165, 1.54) is 0 Å². The Morgan fingerprint density at radius 3 is 2.76 bits per heavy atom. The minimum Gasteiger partial charge on any atom is -0.356 e. The van der Waals surface area contributed by atoms with Gasteiger partial charge in [-0.15, -0.1) is 0 Å². The molecule has 1 N–H and O–H groups in total. The van der Waals surface area contributed by atoms with Crippen molar-refractivity contribution in [1.29, 1.82) is 0 Å². The maximum Gasteiger partial charge on any atom is 0.230 e. The molecule has 0 bridgehead atoms. The van der Waals surface area contributed by atoms with Crippen molar-refractivity contribution in [2.75, 3.05) is 13.1 Å². The van der Waals surface area contributed by atoms with Gasteiger partial charge in [0, 0.05) is 48.9 Å². The van der Waals surface area contributed by atoms with Crippen LogP contribution in [0.25, 0.3) is 11.4 Å². The lowest BCUT2D eigenvalue weighted by Crippen LogP contribution is -2.49. The van der Waals surface area contributed by atoms with Gasteiger partial charge in [0.25, 0.3) is 0 Å². The molecule has 33 heavy (non-hydrogen) atoms. The normalized spacial score (nSPS) is 27.1. The molecule has 5 rings (SSSR count). The third-order valence-corrected chi connectivity index (χ3v) is 7.59.